The molecule has 0 N–H and O–H groups in total. The Morgan fingerprint density at radius 2 is 2.07 bits per heavy atom. The number of ether oxygens (including phenoxy) is 1. The second-order valence-electron chi connectivity index (χ2n) is 3.06. The molecule has 0 aromatic heterocycles. The molecule has 0 unspecified atom stereocenters. The van der Waals surface area contributed by atoms with Gasteiger partial charge in [-0.2, -0.15) is 0 Å². The molecule has 0 heterocycles. The van der Waals surface area contributed by atoms with E-state index in [1.165, 1.54) is 11.8 Å². The predicted octanol–water partition coefficient (Wildman–Crippen LogP) is 3.99. The van der Waals surface area contributed by atoms with E-state index in [0.29, 0.717) is 9.92 Å². The van der Waals surface area contributed by atoms with Gasteiger partial charge in [0.1, 0.15) is 0 Å². The van der Waals surface area contributed by atoms with E-state index in [1.54, 1.807) is 12.1 Å². The Morgan fingerprint density at radius 1 is 1.43 bits per heavy atom. The van der Waals surface area contributed by atoms with Crippen LogP contribution in [0.2, 0.25) is 5.02 Å². The standard InChI is InChI=1S/C10H12ClFOS/c1-6(2)13-10-7(11)4-5-8(14-3)9(10)12/h4-6H,1-3H3. The number of hydrogen-bond acceptors (Lipinski definition) is 2. The van der Waals surface area contributed by atoms with Crippen molar-refractivity contribution in [2.24, 2.45) is 0 Å². The molecule has 1 aromatic carbocycles. The first-order valence-electron chi connectivity index (χ1n) is 4.25. The first-order valence-corrected chi connectivity index (χ1v) is 5.85. The zero-order chi connectivity index (χ0) is 10.7. The van der Waals surface area contributed by atoms with Crippen molar-refractivity contribution in [1.82, 2.24) is 0 Å². The van der Waals surface area contributed by atoms with E-state index in [-0.39, 0.29) is 17.7 Å². The summed E-state index contributed by atoms with van der Waals surface area (Å²) in [5.41, 5.74) is 0. The Hall–Kier alpha value is -0.410. The Morgan fingerprint density at radius 3 is 2.57 bits per heavy atom. The molecule has 0 saturated carbocycles. The third-order valence-electron chi connectivity index (χ3n) is 1.59. The lowest BCUT2D eigenvalue weighted by Crippen LogP contribution is -2.07. The largest absolute Gasteiger partial charge is 0.486 e. The van der Waals surface area contributed by atoms with Crippen LogP contribution in [0.5, 0.6) is 5.75 Å². The van der Waals surface area contributed by atoms with Crippen LogP contribution in [0.25, 0.3) is 0 Å². The van der Waals surface area contributed by atoms with Gasteiger partial charge < -0.3 is 4.74 Å². The molecule has 0 spiro atoms. The van der Waals surface area contributed by atoms with Crippen LogP contribution < -0.4 is 4.74 Å². The van der Waals surface area contributed by atoms with Crippen LogP contribution in [0.4, 0.5) is 4.39 Å². The second kappa shape index (κ2) is 4.89. The minimum absolute atomic E-state index is 0.0842. The van der Waals surface area contributed by atoms with Crippen LogP contribution >= 0.6 is 23.4 Å². The van der Waals surface area contributed by atoms with E-state index >= 15 is 0 Å². The summed E-state index contributed by atoms with van der Waals surface area (Å²) in [6.45, 7) is 3.67. The molecule has 0 saturated heterocycles. The Bertz CT molecular complexity index is 328. The molecule has 0 aliphatic heterocycles. The maximum absolute atomic E-state index is 13.7. The highest BCUT2D eigenvalue weighted by molar-refractivity contribution is 7.98. The van der Waals surface area contributed by atoms with Gasteiger partial charge in [0.05, 0.1) is 11.1 Å². The van der Waals surface area contributed by atoms with Gasteiger partial charge in [-0.25, -0.2) is 4.39 Å². The fourth-order valence-electron chi connectivity index (χ4n) is 1.02. The summed E-state index contributed by atoms with van der Waals surface area (Å²) >= 11 is 7.16. The summed E-state index contributed by atoms with van der Waals surface area (Å²) < 4.78 is 19.0. The van der Waals surface area contributed by atoms with Gasteiger partial charge in [-0.15, -0.1) is 11.8 Å². The van der Waals surface area contributed by atoms with Gasteiger partial charge >= 0.3 is 0 Å². The van der Waals surface area contributed by atoms with E-state index in [1.807, 2.05) is 20.1 Å². The predicted molar refractivity (Wildman–Crippen MR) is 59.0 cm³/mol. The lowest BCUT2D eigenvalue weighted by Gasteiger charge is -2.13. The summed E-state index contributed by atoms with van der Waals surface area (Å²) in [7, 11) is 0. The van der Waals surface area contributed by atoms with Crippen LogP contribution in [0.3, 0.4) is 0 Å². The van der Waals surface area contributed by atoms with Gasteiger partial charge in [0, 0.05) is 4.90 Å². The topological polar surface area (TPSA) is 9.23 Å². The molecule has 1 nitrogen and oxygen atoms in total. The molecule has 0 radical (unpaired) electrons. The SMILES string of the molecule is CSc1ccc(Cl)c(OC(C)C)c1F. The molecule has 0 aliphatic rings. The van der Waals surface area contributed by atoms with Gasteiger partial charge in [0.2, 0.25) is 0 Å². The van der Waals surface area contributed by atoms with Crippen molar-refractivity contribution in [3.05, 3.63) is 23.0 Å². The quantitative estimate of drug-likeness (QED) is 0.732. The number of thioether (sulfide) groups is 1. The van der Waals surface area contributed by atoms with Gasteiger partial charge in [0.15, 0.2) is 11.6 Å². The average molecular weight is 235 g/mol. The summed E-state index contributed by atoms with van der Waals surface area (Å²) in [4.78, 5) is 0.546. The number of halogens is 2. The Labute approximate surface area is 92.6 Å². The number of rotatable bonds is 3. The Balaban J connectivity index is 3.11. The van der Waals surface area contributed by atoms with Gasteiger partial charge in [0.25, 0.3) is 0 Å². The molecule has 1 rings (SSSR count). The molecular formula is C10H12ClFOS. The van der Waals surface area contributed by atoms with Crippen molar-refractivity contribution in [3.8, 4) is 5.75 Å². The van der Waals surface area contributed by atoms with E-state index < -0.39 is 0 Å². The van der Waals surface area contributed by atoms with Gasteiger partial charge in [-0.1, -0.05) is 11.6 Å². The van der Waals surface area contributed by atoms with E-state index in [0.717, 1.165) is 0 Å². The van der Waals surface area contributed by atoms with E-state index in [4.69, 9.17) is 16.3 Å². The minimum Gasteiger partial charge on any atom is -0.486 e. The molecule has 0 aliphatic carbocycles. The lowest BCUT2D eigenvalue weighted by atomic mass is 10.3. The molecule has 4 heteroatoms. The first kappa shape index (κ1) is 11.7. The molecule has 0 amide bonds. The van der Waals surface area contributed by atoms with Crippen LogP contribution in [0.1, 0.15) is 13.8 Å². The van der Waals surface area contributed by atoms with Gasteiger partial charge in [-0.05, 0) is 32.2 Å². The molecule has 14 heavy (non-hydrogen) atoms. The van der Waals surface area contributed by atoms with Crippen molar-refractivity contribution in [2.75, 3.05) is 6.26 Å². The smallest absolute Gasteiger partial charge is 0.180 e. The molecule has 1 aromatic rings. The second-order valence-corrected chi connectivity index (χ2v) is 4.31. The van der Waals surface area contributed by atoms with Crippen molar-refractivity contribution < 1.29 is 9.13 Å². The van der Waals surface area contributed by atoms with E-state index in [2.05, 4.69) is 0 Å². The Kier molecular flexibility index (Phi) is 4.08. The fourth-order valence-corrected chi connectivity index (χ4v) is 1.68. The van der Waals surface area contributed by atoms with Crippen LogP contribution in [-0.4, -0.2) is 12.4 Å². The van der Waals surface area contributed by atoms with Crippen molar-refractivity contribution in [2.45, 2.75) is 24.8 Å². The van der Waals surface area contributed by atoms with Crippen LogP contribution in [-0.2, 0) is 0 Å². The highest BCUT2D eigenvalue weighted by Gasteiger charge is 2.14. The number of hydrogen-bond donors (Lipinski definition) is 0. The van der Waals surface area contributed by atoms with Crippen molar-refractivity contribution in [1.29, 1.82) is 0 Å². The zero-order valence-corrected chi connectivity index (χ0v) is 9.88. The van der Waals surface area contributed by atoms with Gasteiger partial charge in [-0.3, -0.25) is 0 Å². The summed E-state index contributed by atoms with van der Waals surface area (Å²) in [6, 6.07) is 3.30. The molecule has 0 bridgehead atoms. The van der Waals surface area contributed by atoms with Crippen molar-refractivity contribution >= 4 is 23.4 Å². The van der Waals surface area contributed by atoms with Crippen molar-refractivity contribution in [3.63, 3.8) is 0 Å². The third-order valence-corrected chi connectivity index (χ3v) is 2.64. The molecule has 0 atom stereocenters. The fraction of sp³-hybridized carbons (Fsp3) is 0.400. The first-order chi connectivity index (χ1) is 6.56. The molecule has 0 fully saturated rings. The van der Waals surface area contributed by atoms with E-state index in [9.17, 15) is 4.39 Å². The van der Waals surface area contributed by atoms with Crippen LogP contribution in [0, 0.1) is 5.82 Å². The molecule has 78 valence electrons. The zero-order valence-electron chi connectivity index (χ0n) is 8.30. The summed E-state index contributed by atoms with van der Waals surface area (Å²) in [5.74, 6) is -0.229. The summed E-state index contributed by atoms with van der Waals surface area (Å²) in [6.07, 6.45) is 1.73. The normalized spacial score (nSPS) is 10.7. The maximum atomic E-state index is 13.7. The minimum atomic E-state index is -0.376. The third kappa shape index (κ3) is 2.55. The maximum Gasteiger partial charge on any atom is 0.180 e. The monoisotopic (exact) mass is 234 g/mol. The highest BCUT2D eigenvalue weighted by Crippen LogP contribution is 2.34. The highest BCUT2D eigenvalue weighted by atomic mass is 35.5. The molecular weight excluding hydrogens is 223 g/mol. The summed E-state index contributed by atoms with van der Waals surface area (Å²) in [5, 5.41) is 0.314. The number of benzene rings is 1. The average Bonchev–Trinajstić information content (AvgIpc) is 2.12. The lowest BCUT2D eigenvalue weighted by molar-refractivity contribution is 0.229. The van der Waals surface area contributed by atoms with Crippen LogP contribution in [0.15, 0.2) is 17.0 Å².